The number of halogens is 1. The van der Waals surface area contributed by atoms with Crippen molar-refractivity contribution in [3.05, 3.63) is 65.5 Å². The molecular formula is C18H18FNO4S2. The molecule has 0 aromatic heterocycles. The molecule has 1 heterocycles. The quantitative estimate of drug-likeness (QED) is 0.859. The highest BCUT2D eigenvalue weighted by Gasteiger charge is 2.29. The molecule has 0 radical (unpaired) electrons. The average Bonchev–Trinajstić information content (AvgIpc) is 2.89. The summed E-state index contributed by atoms with van der Waals surface area (Å²) in [6, 6.07) is 12.8. The molecule has 8 heteroatoms. The number of carboxylic acids is 1. The largest absolute Gasteiger partial charge is 0.478 e. The van der Waals surface area contributed by atoms with Crippen LogP contribution in [0.25, 0.3) is 0 Å². The molecule has 138 valence electrons. The van der Waals surface area contributed by atoms with Crippen molar-refractivity contribution in [3.8, 4) is 0 Å². The van der Waals surface area contributed by atoms with Crippen molar-refractivity contribution in [2.45, 2.75) is 16.6 Å². The van der Waals surface area contributed by atoms with E-state index in [4.69, 9.17) is 5.11 Å². The van der Waals surface area contributed by atoms with Crippen molar-refractivity contribution in [1.29, 1.82) is 0 Å². The zero-order valence-electron chi connectivity index (χ0n) is 13.8. The van der Waals surface area contributed by atoms with Gasteiger partial charge in [-0.15, -0.1) is 0 Å². The maximum atomic E-state index is 13.6. The molecule has 0 unspecified atom stereocenters. The molecule has 1 fully saturated rings. The van der Waals surface area contributed by atoms with Gasteiger partial charge in [-0.3, -0.25) is 0 Å². The van der Waals surface area contributed by atoms with Crippen molar-refractivity contribution in [3.63, 3.8) is 0 Å². The number of thioether (sulfide) groups is 1. The maximum absolute atomic E-state index is 13.6. The topological polar surface area (TPSA) is 74.7 Å². The number of carboxylic acid groups (broad SMARTS) is 1. The summed E-state index contributed by atoms with van der Waals surface area (Å²) in [7, 11) is -3.87. The molecule has 0 spiro atoms. The standard InChI is InChI=1S/C18H18FNO4S2/c19-16-7-6-14(12-15(16)18(21)22)26(23,24)20-9-8-17(25-11-10-20)13-4-2-1-3-5-13/h1-7,12,17H,8-11H2,(H,21,22)/t17-/m0/s1. The molecule has 2 aromatic carbocycles. The van der Waals surface area contributed by atoms with Gasteiger partial charge >= 0.3 is 5.97 Å². The Hall–Kier alpha value is -1.90. The number of hydrogen-bond acceptors (Lipinski definition) is 4. The molecule has 0 aliphatic carbocycles. The summed E-state index contributed by atoms with van der Waals surface area (Å²) < 4.78 is 40.7. The van der Waals surface area contributed by atoms with E-state index < -0.39 is 27.4 Å². The van der Waals surface area contributed by atoms with E-state index in [9.17, 15) is 17.6 Å². The van der Waals surface area contributed by atoms with E-state index in [1.807, 2.05) is 30.3 Å². The van der Waals surface area contributed by atoms with Crippen LogP contribution in [0.1, 0.15) is 27.6 Å². The van der Waals surface area contributed by atoms with Gasteiger partial charge in [0.05, 0.1) is 10.5 Å². The molecule has 5 nitrogen and oxygen atoms in total. The Morgan fingerprint density at radius 2 is 1.88 bits per heavy atom. The van der Waals surface area contributed by atoms with E-state index >= 15 is 0 Å². The first kappa shape index (κ1) is 18.9. The van der Waals surface area contributed by atoms with E-state index in [2.05, 4.69) is 0 Å². The van der Waals surface area contributed by atoms with Crippen LogP contribution in [0.15, 0.2) is 53.4 Å². The van der Waals surface area contributed by atoms with Crippen LogP contribution in [0.5, 0.6) is 0 Å². The lowest BCUT2D eigenvalue weighted by molar-refractivity contribution is 0.0691. The first-order valence-electron chi connectivity index (χ1n) is 8.09. The van der Waals surface area contributed by atoms with Crippen LogP contribution in [0, 0.1) is 5.82 Å². The van der Waals surface area contributed by atoms with Gasteiger partial charge in [0.2, 0.25) is 10.0 Å². The van der Waals surface area contributed by atoms with Crippen LogP contribution < -0.4 is 0 Å². The summed E-state index contributed by atoms with van der Waals surface area (Å²) in [5.74, 6) is -1.81. The summed E-state index contributed by atoms with van der Waals surface area (Å²) in [5.41, 5.74) is 0.518. The summed E-state index contributed by atoms with van der Waals surface area (Å²) in [6.45, 7) is 0.658. The Bertz CT molecular complexity index is 903. The fourth-order valence-corrected chi connectivity index (χ4v) is 5.73. The van der Waals surface area contributed by atoms with Gasteiger partial charge in [0.25, 0.3) is 0 Å². The van der Waals surface area contributed by atoms with E-state index in [-0.39, 0.29) is 10.1 Å². The van der Waals surface area contributed by atoms with Gasteiger partial charge in [0, 0.05) is 24.1 Å². The van der Waals surface area contributed by atoms with Gasteiger partial charge in [0.15, 0.2) is 0 Å². The Morgan fingerprint density at radius 1 is 1.15 bits per heavy atom. The number of aromatic carboxylic acids is 1. The smallest absolute Gasteiger partial charge is 0.338 e. The molecule has 0 saturated carbocycles. The predicted molar refractivity (Wildman–Crippen MR) is 98.4 cm³/mol. The molecule has 3 rings (SSSR count). The lowest BCUT2D eigenvalue weighted by Crippen LogP contribution is -2.33. The van der Waals surface area contributed by atoms with Gasteiger partial charge in [-0.25, -0.2) is 17.6 Å². The van der Waals surface area contributed by atoms with Crippen LogP contribution in [0.2, 0.25) is 0 Å². The molecular weight excluding hydrogens is 377 g/mol. The molecule has 1 aliphatic heterocycles. The summed E-state index contributed by atoms with van der Waals surface area (Å²) >= 11 is 1.70. The maximum Gasteiger partial charge on any atom is 0.338 e. The van der Waals surface area contributed by atoms with Crippen molar-refractivity contribution in [2.24, 2.45) is 0 Å². The van der Waals surface area contributed by atoms with E-state index in [1.54, 1.807) is 11.8 Å². The molecule has 1 N–H and O–H groups in total. The van der Waals surface area contributed by atoms with Crippen LogP contribution >= 0.6 is 11.8 Å². The minimum Gasteiger partial charge on any atom is -0.478 e. The number of benzene rings is 2. The third-order valence-corrected chi connectivity index (χ3v) is 7.50. The minimum absolute atomic E-state index is 0.195. The van der Waals surface area contributed by atoms with Crippen LogP contribution in [-0.2, 0) is 10.0 Å². The van der Waals surface area contributed by atoms with Crippen LogP contribution in [-0.4, -0.2) is 42.6 Å². The fourth-order valence-electron chi connectivity index (χ4n) is 2.90. The average molecular weight is 395 g/mol. The van der Waals surface area contributed by atoms with Crippen molar-refractivity contribution in [1.82, 2.24) is 4.31 Å². The van der Waals surface area contributed by atoms with Gasteiger partial charge in [-0.2, -0.15) is 16.1 Å². The number of nitrogens with zero attached hydrogens (tertiary/aromatic N) is 1. The molecule has 0 bridgehead atoms. The molecule has 0 amide bonds. The third kappa shape index (κ3) is 3.92. The Morgan fingerprint density at radius 3 is 2.58 bits per heavy atom. The molecule has 1 aliphatic rings. The molecule has 1 atom stereocenters. The normalized spacial score (nSPS) is 19.0. The highest BCUT2D eigenvalue weighted by atomic mass is 32.2. The number of carbonyl (C=O) groups is 1. The second-order valence-corrected chi connectivity index (χ2v) is 9.16. The Balaban J connectivity index is 1.82. The number of rotatable bonds is 4. The zero-order chi connectivity index (χ0) is 18.7. The number of hydrogen-bond donors (Lipinski definition) is 1. The first-order valence-corrected chi connectivity index (χ1v) is 10.6. The first-order chi connectivity index (χ1) is 12.4. The third-order valence-electron chi connectivity index (χ3n) is 4.28. The zero-order valence-corrected chi connectivity index (χ0v) is 15.5. The fraction of sp³-hybridized carbons (Fsp3) is 0.278. The van der Waals surface area contributed by atoms with Gasteiger partial charge in [-0.05, 0) is 30.2 Å². The van der Waals surface area contributed by atoms with Gasteiger partial charge in [-0.1, -0.05) is 30.3 Å². The van der Waals surface area contributed by atoms with Crippen LogP contribution in [0.4, 0.5) is 4.39 Å². The van der Waals surface area contributed by atoms with E-state index in [0.717, 1.165) is 23.8 Å². The second-order valence-electron chi connectivity index (χ2n) is 5.91. The van der Waals surface area contributed by atoms with E-state index in [0.29, 0.717) is 25.3 Å². The van der Waals surface area contributed by atoms with Gasteiger partial charge in [0.1, 0.15) is 5.82 Å². The second kappa shape index (κ2) is 7.77. The minimum atomic E-state index is -3.87. The molecule has 1 saturated heterocycles. The molecule has 26 heavy (non-hydrogen) atoms. The number of sulfonamides is 1. The van der Waals surface area contributed by atoms with Crippen molar-refractivity contribution >= 4 is 27.8 Å². The van der Waals surface area contributed by atoms with Crippen molar-refractivity contribution in [2.75, 3.05) is 18.8 Å². The summed E-state index contributed by atoms with van der Waals surface area (Å²) in [5, 5.41) is 9.23. The highest BCUT2D eigenvalue weighted by Crippen LogP contribution is 2.35. The van der Waals surface area contributed by atoms with Gasteiger partial charge < -0.3 is 5.11 Å². The molecule has 2 aromatic rings. The summed E-state index contributed by atoms with van der Waals surface area (Å²) in [4.78, 5) is 10.9. The summed E-state index contributed by atoms with van der Waals surface area (Å²) in [6.07, 6.45) is 0.654. The predicted octanol–water partition coefficient (Wildman–Crippen LogP) is 3.39. The lowest BCUT2D eigenvalue weighted by atomic mass is 10.1. The van der Waals surface area contributed by atoms with E-state index in [1.165, 1.54) is 4.31 Å². The Labute approximate surface area is 155 Å². The monoisotopic (exact) mass is 395 g/mol. The van der Waals surface area contributed by atoms with Crippen LogP contribution in [0.3, 0.4) is 0 Å². The highest BCUT2D eigenvalue weighted by molar-refractivity contribution is 7.99. The SMILES string of the molecule is O=C(O)c1cc(S(=O)(=O)N2CCS[C@H](c3ccccc3)CC2)ccc1F. The van der Waals surface area contributed by atoms with Crippen molar-refractivity contribution < 1.29 is 22.7 Å². The lowest BCUT2D eigenvalue weighted by Gasteiger charge is -2.20. The Kier molecular flexibility index (Phi) is 5.64.